The lowest BCUT2D eigenvalue weighted by atomic mass is 10.0. The Morgan fingerprint density at radius 3 is 2.58 bits per heavy atom. The van der Waals surface area contributed by atoms with Gasteiger partial charge in [0.15, 0.2) is 0 Å². The molecule has 0 aromatic carbocycles. The van der Waals surface area contributed by atoms with Gasteiger partial charge >= 0.3 is 5.97 Å². The highest BCUT2D eigenvalue weighted by molar-refractivity contribution is 6.31. The van der Waals surface area contributed by atoms with E-state index in [2.05, 4.69) is 11.1 Å². The first-order chi connectivity index (χ1) is 8.77. The van der Waals surface area contributed by atoms with Crippen molar-refractivity contribution < 1.29 is 9.53 Å². The van der Waals surface area contributed by atoms with Crippen molar-refractivity contribution in [2.24, 2.45) is 0 Å². The van der Waals surface area contributed by atoms with Crippen LogP contribution in [0.5, 0.6) is 0 Å². The normalized spacial score (nSPS) is 16.6. The molecule has 19 heavy (non-hydrogen) atoms. The van der Waals surface area contributed by atoms with E-state index in [4.69, 9.17) is 21.6 Å². The van der Waals surface area contributed by atoms with Gasteiger partial charge in [-0.2, -0.15) is 5.26 Å². The van der Waals surface area contributed by atoms with Crippen LogP contribution < -0.4 is 0 Å². The molecule has 1 aliphatic carbocycles. The van der Waals surface area contributed by atoms with Gasteiger partial charge in [-0.15, -0.1) is 0 Å². The van der Waals surface area contributed by atoms with Crippen LogP contribution in [0, 0.1) is 11.3 Å². The highest BCUT2D eigenvalue weighted by atomic mass is 35.5. The third kappa shape index (κ3) is 2.87. The number of nitriles is 1. The standard InChI is InChI=1S/C14H15ClN2O2/c1-13(2,3)19-12(18)9-6-10(15)11(17-7-9)14(8-16)4-5-14/h6-7H,4-5H2,1-3H3. The smallest absolute Gasteiger partial charge is 0.340 e. The van der Waals surface area contributed by atoms with Crippen molar-refractivity contribution in [1.29, 1.82) is 5.26 Å². The van der Waals surface area contributed by atoms with E-state index in [1.165, 1.54) is 12.3 Å². The number of nitrogens with zero attached hydrogens (tertiary/aromatic N) is 2. The number of halogens is 1. The molecule has 0 aliphatic heterocycles. The van der Waals surface area contributed by atoms with Gasteiger partial charge in [-0.05, 0) is 39.7 Å². The van der Waals surface area contributed by atoms with E-state index in [0.29, 0.717) is 16.3 Å². The van der Waals surface area contributed by atoms with Crippen molar-refractivity contribution in [3.8, 4) is 6.07 Å². The largest absolute Gasteiger partial charge is 0.456 e. The summed E-state index contributed by atoms with van der Waals surface area (Å²) in [6.45, 7) is 5.38. The Morgan fingerprint density at radius 2 is 2.16 bits per heavy atom. The van der Waals surface area contributed by atoms with Crippen LogP contribution in [0.25, 0.3) is 0 Å². The van der Waals surface area contributed by atoms with Crippen molar-refractivity contribution >= 4 is 17.6 Å². The topological polar surface area (TPSA) is 63.0 Å². The highest BCUT2D eigenvalue weighted by Crippen LogP contribution is 2.48. The van der Waals surface area contributed by atoms with E-state index in [0.717, 1.165) is 12.8 Å². The summed E-state index contributed by atoms with van der Waals surface area (Å²) in [5.74, 6) is -0.463. The third-order valence-electron chi connectivity index (χ3n) is 2.89. The molecule has 1 saturated carbocycles. The molecule has 100 valence electrons. The number of ether oxygens (including phenoxy) is 1. The van der Waals surface area contributed by atoms with Gasteiger partial charge < -0.3 is 4.74 Å². The first kappa shape index (κ1) is 13.8. The number of rotatable bonds is 2. The van der Waals surface area contributed by atoms with E-state index < -0.39 is 17.0 Å². The molecule has 2 rings (SSSR count). The summed E-state index contributed by atoms with van der Waals surface area (Å²) in [4.78, 5) is 16.1. The van der Waals surface area contributed by atoms with Gasteiger partial charge in [0.05, 0.1) is 22.3 Å². The quantitative estimate of drug-likeness (QED) is 0.779. The van der Waals surface area contributed by atoms with E-state index in [1.807, 2.05) is 0 Å². The molecule has 1 heterocycles. The number of hydrogen-bond donors (Lipinski definition) is 0. The van der Waals surface area contributed by atoms with Gasteiger partial charge in [-0.25, -0.2) is 4.79 Å². The number of pyridine rings is 1. The zero-order chi connectivity index (χ0) is 14.3. The van der Waals surface area contributed by atoms with Gasteiger partial charge in [0, 0.05) is 6.20 Å². The molecule has 0 amide bonds. The molecular weight excluding hydrogens is 264 g/mol. The Kier molecular flexibility index (Phi) is 3.27. The SMILES string of the molecule is CC(C)(C)OC(=O)c1cnc(C2(C#N)CC2)c(Cl)c1. The molecule has 0 spiro atoms. The molecule has 1 aromatic heterocycles. The van der Waals surface area contributed by atoms with Crippen LogP contribution in [0.15, 0.2) is 12.3 Å². The van der Waals surface area contributed by atoms with E-state index in [1.54, 1.807) is 20.8 Å². The molecule has 0 bridgehead atoms. The van der Waals surface area contributed by atoms with Gasteiger partial charge in [0.1, 0.15) is 11.0 Å². The molecule has 0 unspecified atom stereocenters. The Morgan fingerprint density at radius 1 is 1.53 bits per heavy atom. The Hall–Kier alpha value is -1.60. The lowest BCUT2D eigenvalue weighted by Gasteiger charge is -2.19. The van der Waals surface area contributed by atoms with Crippen LogP contribution in [-0.4, -0.2) is 16.6 Å². The molecule has 0 atom stereocenters. The predicted octanol–water partition coefficient (Wildman–Crippen LogP) is 3.25. The number of hydrogen-bond acceptors (Lipinski definition) is 4. The minimum atomic E-state index is -0.563. The molecule has 0 radical (unpaired) electrons. The van der Waals surface area contributed by atoms with Crippen molar-refractivity contribution in [3.63, 3.8) is 0 Å². The Labute approximate surface area is 117 Å². The van der Waals surface area contributed by atoms with Crippen LogP contribution in [0.2, 0.25) is 5.02 Å². The monoisotopic (exact) mass is 278 g/mol. The first-order valence-electron chi connectivity index (χ1n) is 6.08. The van der Waals surface area contributed by atoms with Gasteiger partial charge in [-0.1, -0.05) is 11.6 Å². The average Bonchev–Trinajstić information content (AvgIpc) is 3.07. The number of esters is 1. The molecule has 1 aromatic rings. The molecule has 1 aliphatic rings. The second-order valence-electron chi connectivity index (χ2n) is 5.75. The van der Waals surface area contributed by atoms with Crippen LogP contribution >= 0.6 is 11.6 Å². The predicted molar refractivity (Wildman–Crippen MR) is 70.9 cm³/mol. The van der Waals surface area contributed by atoms with Crippen LogP contribution in [0.1, 0.15) is 49.7 Å². The fourth-order valence-corrected chi connectivity index (χ4v) is 2.11. The van der Waals surface area contributed by atoms with Crippen molar-refractivity contribution in [3.05, 3.63) is 28.5 Å². The summed E-state index contributed by atoms with van der Waals surface area (Å²) in [6.07, 6.45) is 2.96. The van der Waals surface area contributed by atoms with Gasteiger partial charge in [0.2, 0.25) is 0 Å². The van der Waals surface area contributed by atoms with Crippen LogP contribution in [0.4, 0.5) is 0 Å². The lowest BCUT2D eigenvalue weighted by molar-refractivity contribution is 0.00690. The van der Waals surface area contributed by atoms with E-state index >= 15 is 0 Å². The van der Waals surface area contributed by atoms with Crippen LogP contribution in [0.3, 0.4) is 0 Å². The summed E-state index contributed by atoms with van der Waals surface area (Å²) in [5, 5.41) is 9.47. The molecule has 0 saturated heterocycles. The second-order valence-corrected chi connectivity index (χ2v) is 6.16. The zero-order valence-corrected chi connectivity index (χ0v) is 11.9. The minimum absolute atomic E-state index is 0.303. The van der Waals surface area contributed by atoms with Crippen LogP contribution in [-0.2, 0) is 10.2 Å². The third-order valence-corrected chi connectivity index (χ3v) is 3.18. The lowest BCUT2D eigenvalue weighted by Crippen LogP contribution is -2.24. The number of aromatic nitrogens is 1. The summed E-state index contributed by atoms with van der Waals surface area (Å²) in [7, 11) is 0. The maximum atomic E-state index is 11.9. The summed E-state index contributed by atoms with van der Waals surface area (Å²) in [6, 6.07) is 3.76. The number of carbonyl (C=O) groups excluding carboxylic acids is 1. The maximum Gasteiger partial charge on any atom is 0.340 e. The fraction of sp³-hybridized carbons (Fsp3) is 0.500. The molecule has 5 heteroatoms. The number of carbonyl (C=O) groups is 1. The summed E-state index contributed by atoms with van der Waals surface area (Å²) in [5.41, 5.74) is -0.253. The Bertz CT molecular complexity index is 566. The molecule has 1 fully saturated rings. The van der Waals surface area contributed by atoms with Crippen molar-refractivity contribution in [1.82, 2.24) is 4.98 Å². The summed E-state index contributed by atoms with van der Waals surface area (Å²) < 4.78 is 5.24. The van der Waals surface area contributed by atoms with E-state index in [9.17, 15) is 4.79 Å². The van der Waals surface area contributed by atoms with Gasteiger partial charge in [-0.3, -0.25) is 4.98 Å². The fourth-order valence-electron chi connectivity index (χ4n) is 1.77. The second kappa shape index (κ2) is 4.50. The first-order valence-corrected chi connectivity index (χ1v) is 6.46. The Balaban J connectivity index is 2.25. The highest BCUT2D eigenvalue weighted by Gasteiger charge is 2.47. The molecule has 0 N–H and O–H groups in total. The van der Waals surface area contributed by atoms with E-state index in [-0.39, 0.29) is 0 Å². The minimum Gasteiger partial charge on any atom is -0.456 e. The maximum absolute atomic E-state index is 11.9. The zero-order valence-electron chi connectivity index (χ0n) is 11.2. The molecule has 4 nitrogen and oxygen atoms in total. The average molecular weight is 279 g/mol. The summed E-state index contributed by atoms with van der Waals surface area (Å²) >= 11 is 6.13. The van der Waals surface area contributed by atoms with Crippen molar-refractivity contribution in [2.75, 3.05) is 0 Å². The van der Waals surface area contributed by atoms with Gasteiger partial charge in [0.25, 0.3) is 0 Å². The van der Waals surface area contributed by atoms with Crippen molar-refractivity contribution in [2.45, 2.75) is 44.6 Å². The molecular formula is C14H15ClN2O2.